The maximum Gasteiger partial charge on any atom is 0.149 e. The lowest BCUT2D eigenvalue weighted by Crippen LogP contribution is -2.37. The monoisotopic (exact) mass is 496 g/mol. The molecule has 0 aliphatic carbocycles. The van der Waals surface area contributed by atoms with Crippen molar-refractivity contribution in [2.45, 2.75) is 46.9 Å². The molecule has 0 aromatic heterocycles. The molecule has 2 heterocycles. The van der Waals surface area contributed by atoms with Gasteiger partial charge in [-0.2, -0.15) is 0 Å². The molecule has 3 N–H and O–H groups in total. The quantitative estimate of drug-likeness (QED) is 0.376. The number of benzene rings is 2. The van der Waals surface area contributed by atoms with Crippen LogP contribution >= 0.6 is 0 Å². The molecule has 0 saturated heterocycles. The van der Waals surface area contributed by atoms with Crippen molar-refractivity contribution in [3.8, 4) is 5.75 Å². The van der Waals surface area contributed by atoms with Gasteiger partial charge in [0.1, 0.15) is 30.1 Å². The Hall–Kier alpha value is -4.25. The van der Waals surface area contributed by atoms with Gasteiger partial charge in [0, 0.05) is 24.4 Å². The van der Waals surface area contributed by atoms with Gasteiger partial charge in [-0.3, -0.25) is 0 Å². The number of aliphatic imine (C=N–C) groups is 1. The summed E-state index contributed by atoms with van der Waals surface area (Å²) < 4.78 is 6.02. The Morgan fingerprint density at radius 3 is 2.54 bits per heavy atom. The second-order valence-corrected chi connectivity index (χ2v) is 8.06. The highest BCUT2D eigenvalue weighted by atomic mass is 16.5. The lowest BCUT2D eigenvalue weighted by atomic mass is 10.1. The zero-order valence-corrected chi connectivity index (χ0v) is 22.5. The Kier molecular flexibility index (Phi) is 12.3. The molecular formula is C32H40N4O. The highest BCUT2D eigenvalue weighted by Crippen LogP contribution is 2.32. The first kappa shape index (κ1) is 29.0. The van der Waals surface area contributed by atoms with Gasteiger partial charge in [-0.25, -0.2) is 4.99 Å². The molecule has 0 radical (unpaired) electrons. The molecule has 5 nitrogen and oxygen atoms in total. The number of amidine groups is 1. The van der Waals surface area contributed by atoms with Crippen LogP contribution in [-0.2, 0) is 6.61 Å². The smallest absolute Gasteiger partial charge is 0.149 e. The van der Waals surface area contributed by atoms with E-state index in [4.69, 9.17) is 10.5 Å². The Morgan fingerprint density at radius 1 is 1.14 bits per heavy atom. The maximum absolute atomic E-state index is 6.26. The van der Waals surface area contributed by atoms with E-state index in [9.17, 15) is 0 Å². The van der Waals surface area contributed by atoms with Crippen LogP contribution in [0.1, 0.15) is 45.2 Å². The van der Waals surface area contributed by atoms with Crippen molar-refractivity contribution in [2.75, 3.05) is 0 Å². The summed E-state index contributed by atoms with van der Waals surface area (Å²) in [5.74, 6) is 1.31. The molecule has 1 atom stereocenters. The number of nitrogens with zero attached hydrogens (tertiary/aromatic N) is 2. The van der Waals surface area contributed by atoms with Crippen LogP contribution in [0.25, 0.3) is 5.70 Å². The van der Waals surface area contributed by atoms with E-state index in [1.807, 2.05) is 88.5 Å². The molecule has 2 aromatic carbocycles. The minimum atomic E-state index is 0.0593. The fourth-order valence-electron chi connectivity index (χ4n) is 3.67. The van der Waals surface area contributed by atoms with Crippen molar-refractivity contribution in [3.63, 3.8) is 0 Å². The molecule has 0 fully saturated rings. The van der Waals surface area contributed by atoms with Crippen LogP contribution in [-0.4, -0.2) is 16.9 Å². The summed E-state index contributed by atoms with van der Waals surface area (Å²) in [5.41, 5.74) is 11.4. The molecule has 0 bridgehead atoms. The predicted octanol–water partition coefficient (Wildman–Crippen LogP) is 7.30. The average molecular weight is 497 g/mol. The first-order chi connectivity index (χ1) is 18.1. The van der Waals surface area contributed by atoms with Gasteiger partial charge >= 0.3 is 0 Å². The minimum absolute atomic E-state index is 0.0593. The van der Waals surface area contributed by atoms with Gasteiger partial charge in [-0.15, -0.1) is 0 Å². The van der Waals surface area contributed by atoms with Crippen molar-refractivity contribution in [1.82, 2.24) is 10.2 Å². The van der Waals surface area contributed by atoms with Crippen LogP contribution in [0.15, 0.2) is 127 Å². The first-order valence-electron chi connectivity index (χ1n) is 12.7. The van der Waals surface area contributed by atoms with Crippen molar-refractivity contribution in [1.29, 1.82) is 0 Å². The predicted molar refractivity (Wildman–Crippen MR) is 159 cm³/mol. The number of ether oxygens (including phenoxy) is 1. The number of nitrogens with one attached hydrogen (secondary N) is 1. The number of nitrogens with two attached hydrogens (primary N) is 1. The normalized spacial score (nSPS) is 16.0. The average Bonchev–Trinajstić information content (AvgIpc) is 3.33. The van der Waals surface area contributed by atoms with E-state index in [1.54, 1.807) is 12.3 Å². The third-order valence-electron chi connectivity index (χ3n) is 5.51. The van der Waals surface area contributed by atoms with Crippen LogP contribution in [0.4, 0.5) is 0 Å². The van der Waals surface area contributed by atoms with Crippen molar-refractivity contribution in [2.24, 2.45) is 10.7 Å². The number of fused-ring (bicyclic) bond motifs is 1. The number of rotatable bonds is 8. The minimum Gasteiger partial charge on any atom is -0.489 e. The standard InChI is InChI=1S/C25H26N4O.C5H8.C2H6/c1-3-18(2)12-13-22-28-23(24-25(26)27-14-15-29(22)24)20-10-7-11-21(16-20)30-17-19-8-5-4-6-9-19;1-3-5-4-2;1-2/h3-12,14-16,22,28H,1,13,17H2,2H3,(H2,26,27);3-5H,1H2,2H3;1-2H3/b18-12+;5-4+;. The van der Waals surface area contributed by atoms with Gasteiger partial charge in [0.2, 0.25) is 0 Å². The van der Waals surface area contributed by atoms with Crippen LogP contribution in [0, 0.1) is 0 Å². The number of allylic oxidation sites excluding steroid dienone is 5. The Labute approximate surface area is 222 Å². The van der Waals surface area contributed by atoms with Crippen molar-refractivity contribution < 1.29 is 4.74 Å². The molecule has 2 aromatic rings. The molecule has 37 heavy (non-hydrogen) atoms. The van der Waals surface area contributed by atoms with Gasteiger partial charge < -0.3 is 20.7 Å². The molecule has 1 unspecified atom stereocenters. The van der Waals surface area contributed by atoms with E-state index >= 15 is 0 Å². The molecule has 4 rings (SSSR count). The van der Waals surface area contributed by atoms with Gasteiger partial charge in [-0.05, 0) is 31.5 Å². The second-order valence-electron chi connectivity index (χ2n) is 8.06. The van der Waals surface area contributed by atoms with Gasteiger partial charge in [0.25, 0.3) is 0 Å². The largest absolute Gasteiger partial charge is 0.489 e. The van der Waals surface area contributed by atoms with Gasteiger partial charge in [-0.1, -0.05) is 105 Å². The Balaban J connectivity index is 0.000000617. The van der Waals surface area contributed by atoms with E-state index < -0.39 is 0 Å². The Morgan fingerprint density at radius 2 is 1.89 bits per heavy atom. The first-order valence-corrected chi connectivity index (χ1v) is 12.7. The highest BCUT2D eigenvalue weighted by Gasteiger charge is 2.33. The fraction of sp³-hybridized carbons (Fsp3) is 0.219. The number of hydrogen-bond donors (Lipinski definition) is 2. The van der Waals surface area contributed by atoms with Crippen LogP contribution in [0.2, 0.25) is 0 Å². The zero-order valence-electron chi connectivity index (χ0n) is 22.5. The summed E-state index contributed by atoms with van der Waals surface area (Å²) in [5, 5.41) is 3.62. The highest BCUT2D eigenvalue weighted by molar-refractivity contribution is 6.05. The maximum atomic E-state index is 6.26. The lowest BCUT2D eigenvalue weighted by Gasteiger charge is -2.26. The third-order valence-corrected chi connectivity index (χ3v) is 5.51. The molecule has 5 heteroatoms. The second kappa shape index (κ2) is 15.7. The summed E-state index contributed by atoms with van der Waals surface area (Å²) in [6, 6.07) is 18.2. The Bertz CT molecular complexity index is 1170. The summed E-state index contributed by atoms with van der Waals surface area (Å²) in [6.07, 6.45) is 14.2. The fourth-order valence-corrected chi connectivity index (χ4v) is 3.67. The van der Waals surface area contributed by atoms with Gasteiger partial charge in [0.05, 0.1) is 5.70 Å². The molecule has 194 valence electrons. The van der Waals surface area contributed by atoms with Gasteiger partial charge in [0.15, 0.2) is 0 Å². The molecule has 0 spiro atoms. The molecule has 0 saturated carbocycles. The van der Waals surface area contributed by atoms with E-state index in [0.29, 0.717) is 12.4 Å². The number of hydrogen-bond acceptors (Lipinski definition) is 5. The van der Waals surface area contributed by atoms with Crippen molar-refractivity contribution >= 4 is 11.5 Å². The van der Waals surface area contributed by atoms with E-state index in [0.717, 1.165) is 40.3 Å². The van der Waals surface area contributed by atoms with Crippen molar-refractivity contribution in [3.05, 3.63) is 133 Å². The zero-order chi connectivity index (χ0) is 27.0. The molecule has 2 aliphatic rings. The topological polar surface area (TPSA) is 62.9 Å². The lowest BCUT2D eigenvalue weighted by molar-refractivity contribution is 0.306. The summed E-state index contributed by atoms with van der Waals surface area (Å²) in [7, 11) is 0. The van der Waals surface area contributed by atoms with E-state index in [-0.39, 0.29) is 6.17 Å². The van der Waals surface area contributed by atoms with Crippen LogP contribution in [0.3, 0.4) is 0 Å². The van der Waals surface area contributed by atoms with Crippen LogP contribution in [0.5, 0.6) is 5.75 Å². The van der Waals surface area contributed by atoms with Crippen LogP contribution < -0.4 is 15.8 Å². The summed E-state index contributed by atoms with van der Waals surface area (Å²) >= 11 is 0. The molecule has 0 amide bonds. The third kappa shape index (κ3) is 8.43. The molecule has 2 aliphatic heterocycles. The molecular weight excluding hydrogens is 456 g/mol. The van der Waals surface area contributed by atoms with E-state index in [1.165, 1.54) is 0 Å². The summed E-state index contributed by atoms with van der Waals surface area (Å²) in [4.78, 5) is 6.44. The SMILES string of the molecule is C=C/C(C)=C/CC1NC(c2cccc(OCc3ccccc3)c2)=C2C(N)=NC=CN21.C=C/C=C/C.CC. The van der Waals surface area contributed by atoms with E-state index in [2.05, 4.69) is 52.6 Å². The summed E-state index contributed by atoms with van der Waals surface area (Å²) in [6.45, 7) is 15.8.